The van der Waals surface area contributed by atoms with E-state index in [0.717, 1.165) is 45.2 Å². The van der Waals surface area contributed by atoms with Gasteiger partial charge in [0.15, 0.2) is 5.78 Å². The van der Waals surface area contributed by atoms with Crippen LogP contribution in [0.2, 0.25) is 0 Å². The van der Waals surface area contributed by atoms with Crippen LogP contribution >= 0.6 is 0 Å². The number of hydrogen-bond acceptors (Lipinski definition) is 2. The quantitative estimate of drug-likeness (QED) is 0.524. The van der Waals surface area contributed by atoms with Gasteiger partial charge in [0.2, 0.25) is 0 Å². The smallest absolute Gasteiger partial charge is 0.194 e. The predicted octanol–water partition coefficient (Wildman–Crippen LogP) is 3.98. The van der Waals surface area contributed by atoms with Gasteiger partial charge < -0.3 is 4.74 Å². The predicted molar refractivity (Wildman–Crippen MR) is 83.2 cm³/mol. The van der Waals surface area contributed by atoms with Crippen LogP contribution in [0.15, 0.2) is 54.6 Å². The summed E-state index contributed by atoms with van der Waals surface area (Å²) in [6, 6.07) is 17.8. The molecule has 1 aliphatic carbocycles. The largest absolute Gasteiger partial charge is 0.496 e. The summed E-state index contributed by atoms with van der Waals surface area (Å²) < 4.78 is 5.53. The minimum absolute atomic E-state index is 0.0990. The molecule has 0 unspecified atom stereocenters. The van der Waals surface area contributed by atoms with Crippen LogP contribution < -0.4 is 4.74 Å². The SMILES string of the molecule is COc1cc2ccccc2c2c1Cc1ccccc1C2=O. The molecule has 0 saturated heterocycles. The molecule has 0 aliphatic heterocycles. The number of ketones is 1. The van der Waals surface area contributed by atoms with Crippen molar-refractivity contribution in [2.75, 3.05) is 7.11 Å². The van der Waals surface area contributed by atoms with Crippen molar-refractivity contribution in [2.24, 2.45) is 0 Å². The highest BCUT2D eigenvalue weighted by Gasteiger charge is 2.27. The van der Waals surface area contributed by atoms with E-state index in [2.05, 4.69) is 0 Å². The Morgan fingerprint density at radius 1 is 1.00 bits per heavy atom. The molecule has 21 heavy (non-hydrogen) atoms. The van der Waals surface area contributed by atoms with Crippen LogP contribution in [-0.2, 0) is 6.42 Å². The Hall–Kier alpha value is -2.61. The van der Waals surface area contributed by atoms with Gasteiger partial charge in [-0.25, -0.2) is 0 Å². The van der Waals surface area contributed by atoms with Crippen molar-refractivity contribution >= 4 is 16.6 Å². The number of carbonyl (C=O) groups is 1. The van der Waals surface area contributed by atoms with E-state index in [9.17, 15) is 4.79 Å². The van der Waals surface area contributed by atoms with Crippen LogP contribution in [0.1, 0.15) is 27.0 Å². The van der Waals surface area contributed by atoms with Crippen molar-refractivity contribution in [2.45, 2.75) is 6.42 Å². The zero-order valence-electron chi connectivity index (χ0n) is 11.7. The fourth-order valence-corrected chi connectivity index (χ4v) is 3.20. The van der Waals surface area contributed by atoms with Crippen LogP contribution in [0.5, 0.6) is 5.75 Å². The molecule has 0 amide bonds. The molecule has 0 fully saturated rings. The molecule has 0 aromatic heterocycles. The standard InChI is InChI=1S/C19H14O2/c1-21-17-11-13-7-2-4-8-14(13)18-16(17)10-12-6-3-5-9-15(12)19(18)20/h2-9,11H,10H2,1H3. The summed E-state index contributed by atoms with van der Waals surface area (Å²) in [4.78, 5) is 12.9. The lowest BCUT2D eigenvalue weighted by Crippen LogP contribution is -2.16. The van der Waals surface area contributed by atoms with Crippen LogP contribution in [0.3, 0.4) is 0 Å². The van der Waals surface area contributed by atoms with Crippen molar-refractivity contribution in [3.63, 3.8) is 0 Å². The summed E-state index contributed by atoms with van der Waals surface area (Å²) >= 11 is 0. The number of ether oxygens (including phenoxy) is 1. The maximum Gasteiger partial charge on any atom is 0.194 e. The van der Waals surface area contributed by atoms with Gasteiger partial charge in [0.25, 0.3) is 0 Å². The molecule has 4 rings (SSSR count). The second-order valence-corrected chi connectivity index (χ2v) is 5.32. The molecule has 0 radical (unpaired) electrons. The highest BCUT2D eigenvalue weighted by atomic mass is 16.5. The summed E-state index contributed by atoms with van der Waals surface area (Å²) in [6.07, 6.45) is 0.741. The zero-order valence-corrected chi connectivity index (χ0v) is 11.7. The van der Waals surface area contributed by atoms with Gasteiger partial charge in [-0.3, -0.25) is 4.79 Å². The second-order valence-electron chi connectivity index (χ2n) is 5.32. The molecular weight excluding hydrogens is 260 g/mol. The first kappa shape index (κ1) is 12.2. The number of hydrogen-bond donors (Lipinski definition) is 0. The summed E-state index contributed by atoms with van der Waals surface area (Å²) in [5.41, 5.74) is 3.68. The molecular formula is C19H14O2. The van der Waals surface area contributed by atoms with Gasteiger partial charge >= 0.3 is 0 Å². The molecule has 0 heterocycles. The number of methoxy groups -OCH3 is 1. The van der Waals surface area contributed by atoms with E-state index in [1.54, 1.807) is 7.11 Å². The topological polar surface area (TPSA) is 26.3 Å². The fourth-order valence-electron chi connectivity index (χ4n) is 3.20. The molecule has 0 spiro atoms. The van der Waals surface area contributed by atoms with Crippen LogP contribution in [0.25, 0.3) is 10.8 Å². The lowest BCUT2D eigenvalue weighted by molar-refractivity contribution is 0.103. The monoisotopic (exact) mass is 274 g/mol. The minimum atomic E-state index is 0.0990. The molecule has 2 heteroatoms. The summed E-state index contributed by atoms with van der Waals surface area (Å²) in [5, 5.41) is 2.05. The highest BCUT2D eigenvalue weighted by molar-refractivity contribution is 6.19. The number of carbonyl (C=O) groups excluding carboxylic acids is 1. The van der Waals surface area contributed by atoms with Gasteiger partial charge in [-0.05, 0) is 22.4 Å². The Labute approximate surface area is 123 Å². The van der Waals surface area contributed by atoms with Crippen LogP contribution in [0.4, 0.5) is 0 Å². The van der Waals surface area contributed by atoms with Crippen molar-refractivity contribution < 1.29 is 9.53 Å². The molecule has 1 aliphatic rings. The van der Waals surface area contributed by atoms with Gasteiger partial charge in [0, 0.05) is 23.1 Å². The van der Waals surface area contributed by atoms with E-state index >= 15 is 0 Å². The van der Waals surface area contributed by atoms with E-state index in [0.29, 0.717) is 0 Å². The Balaban J connectivity index is 2.10. The maximum atomic E-state index is 12.9. The Morgan fingerprint density at radius 2 is 1.76 bits per heavy atom. The average molecular weight is 274 g/mol. The Morgan fingerprint density at radius 3 is 2.62 bits per heavy atom. The maximum absolute atomic E-state index is 12.9. The van der Waals surface area contributed by atoms with E-state index in [4.69, 9.17) is 4.74 Å². The van der Waals surface area contributed by atoms with Crippen LogP contribution in [0, 0.1) is 0 Å². The first-order valence-electron chi connectivity index (χ1n) is 7.01. The van der Waals surface area contributed by atoms with Gasteiger partial charge in [0.05, 0.1) is 7.11 Å². The molecule has 0 N–H and O–H groups in total. The van der Waals surface area contributed by atoms with Crippen molar-refractivity contribution in [1.29, 1.82) is 0 Å². The normalized spacial score (nSPS) is 12.9. The molecule has 3 aromatic carbocycles. The summed E-state index contributed by atoms with van der Waals surface area (Å²) in [5.74, 6) is 0.897. The lowest BCUT2D eigenvalue weighted by atomic mass is 9.82. The minimum Gasteiger partial charge on any atom is -0.496 e. The highest BCUT2D eigenvalue weighted by Crippen LogP contribution is 2.38. The van der Waals surface area contributed by atoms with E-state index in [1.165, 1.54) is 0 Å². The molecule has 3 aromatic rings. The number of fused-ring (bicyclic) bond motifs is 4. The van der Waals surface area contributed by atoms with Gasteiger partial charge in [-0.1, -0.05) is 48.5 Å². The van der Waals surface area contributed by atoms with Gasteiger partial charge in [0.1, 0.15) is 5.75 Å². The summed E-state index contributed by atoms with van der Waals surface area (Å²) in [6.45, 7) is 0. The summed E-state index contributed by atoms with van der Waals surface area (Å²) in [7, 11) is 1.66. The van der Waals surface area contributed by atoms with E-state index in [-0.39, 0.29) is 5.78 Å². The first-order valence-corrected chi connectivity index (χ1v) is 7.01. The van der Waals surface area contributed by atoms with Crippen molar-refractivity contribution in [1.82, 2.24) is 0 Å². The fraction of sp³-hybridized carbons (Fsp3) is 0.105. The van der Waals surface area contributed by atoms with Crippen molar-refractivity contribution in [3.05, 3.63) is 76.9 Å². The molecule has 0 saturated carbocycles. The lowest BCUT2D eigenvalue weighted by Gasteiger charge is -2.22. The molecule has 0 bridgehead atoms. The number of rotatable bonds is 1. The third kappa shape index (κ3) is 1.69. The molecule has 2 nitrogen and oxygen atoms in total. The van der Waals surface area contributed by atoms with Gasteiger partial charge in [-0.15, -0.1) is 0 Å². The third-order valence-electron chi connectivity index (χ3n) is 4.19. The zero-order chi connectivity index (χ0) is 14.4. The average Bonchev–Trinajstić information content (AvgIpc) is 2.54. The second kappa shape index (κ2) is 4.45. The third-order valence-corrected chi connectivity index (χ3v) is 4.19. The Bertz CT molecular complexity index is 878. The van der Waals surface area contributed by atoms with Crippen molar-refractivity contribution in [3.8, 4) is 5.75 Å². The Kier molecular flexibility index (Phi) is 2.58. The van der Waals surface area contributed by atoms with E-state index in [1.807, 2.05) is 54.6 Å². The van der Waals surface area contributed by atoms with E-state index < -0.39 is 0 Å². The van der Waals surface area contributed by atoms with Gasteiger partial charge in [-0.2, -0.15) is 0 Å². The molecule has 0 atom stereocenters. The molecule has 102 valence electrons. The van der Waals surface area contributed by atoms with Crippen LogP contribution in [-0.4, -0.2) is 12.9 Å². The number of benzene rings is 3. The first-order chi connectivity index (χ1) is 10.3.